The van der Waals surface area contributed by atoms with E-state index in [4.69, 9.17) is 9.84 Å². The van der Waals surface area contributed by atoms with E-state index in [1.165, 1.54) is 28.6 Å². The van der Waals surface area contributed by atoms with Crippen LogP contribution >= 0.6 is 11.8 Å². The topological polar surface area (TPSA) is 87.2 Å². The molecule has 0 aromatic carbocycles. The normalized spacial score (nSPS) is 18.8. The van der Waals surface area contributed by atoms with Gasteiger partial charge in [-0.3, -0.25) is 4.79 Å². The summed E-state index contributed by atoms with van der Waals surface area (Å²) in [4.78, 5) is 37.0. The standard InChI is InChI=1S/C11H18N2O5S/c1-3-18-9(14)6-12(2)11(17)13-4-5-19-7-8(13)10(15)16/h8H,3-7H2,1-2H3,(H,15,16). The van der Waals surface area contributed by atoms with E-state index in [1.54, 1.807) is 6.92 Å². The highest BCUT2D eigenvalue weighted by molar-refractivity contribution is 7.99. The molecule has 1 aliphatic rings. The second-order valence-electron chi connectivity index (χ2n) is 4.07. The maximum absolute atomic E-state index is 12.1. The summed E-state index contributed by atoms with van der Waals surface area (Å²) in [5.74, 6) is -0.460. The summed E-state index contributed by atoms with van der Waals surface area (Å²) in [5, 5.41) is 9.09. The van der Waals surface area contributed by atoms with Gasteiger partial charge in [0.25, 0.3) is 0 Å². The molecule has 19 heavy (non-hydrogen) atoms. The molecule has 1 heterocycles. The van der Waals surface area contributed by atoms with Crippen LogP contribution in [0.1, 0.15) is 6.92 Å². The van der Waals surface area contributed by atoms with Gasteiger partial charge in [-0.25, -0.2) is 9.59 Å². The van der Waals surface area contributed by atoms with Gasteiger partial charge >= 0.3 is 18.0 Å². The Bertz CT molecular complexity index is 363. The van der Waals surface area contributed by atoms with Crippen LogP contribution in [-0.4, -0.2) is 77.2 Å². The van der Waals surface area contributed by atoms with Crippen molar-refractivity contribution in [3.8, 4) is 0 Å². The minimum Gasteiger partial charge on any atom is -0.480 e. The van der Waals surface area contributed by atoms with Gasteiger partial charge < -0.3 is 19.6 Å². The number of carbonyl (C=O) groups excluding carboxylic acids is 2. The van der Waals surface area contributed by atoms with E-state index in [1.807, 2.05) is 0 Å². The van der Waals surface area contributed by atoms with Crippen molar-refractivity contribution in [2.75, 3.05) is 38.2 Å². The number of carboxylic acids is 1. The van der Waals surface area contributed by atoms with Gasteiger partial charge in [0, 0.05) is 25.1 Å². The summed E-state index contributed by atoms with van der Waals surface area (Å²) >= 11 is 1.50. The van der Waals surface area contributed by atoms with Crippen LogP contribution in [0.2, 0.25) is 0 Å². The first kappa shape index (κ1) is 15.6. The fraction of sp³-hybridized carbons (Fsp3) is 0.727. The van der Waals surface area contributed by atoms with Gasteiger partial charge in [0.05, 0.1) is 6.61 Å². The van der Waals surface area contributed by atoms with E-state index >= 15 is 0 Å². The summed E-state index contributed by atoms with van der Waals surface area (Å²) < 4.78 is 4.75. The van der Waals surface area contributed by atoms with Crippen LogP contribution in [0.5, 0.6) is 0 Å². The zero-order chi connectivity index (χ0) is 14.4. The van der Waals surface area contributed by atoms with Crippen LogP contribution in [0.3, 0.4) is 0 Å². The molecule has 1 rings (SSSR count). The summed E-state index contributed by atoms with van der Waals surface area (Å²) in [6.07, 6.45) is 0. The molecule has 0 radical (unpaired) electrons. The number of nitrogens with zero attached hydrogens (tertiary/aromatic N) is 2. The van der Waals surface area contributed by atoms with Crippen molar-refractivity contribution in [2.45, 2.75) is 13.0 Å². The molecule has 108 valence electrons. The first-order chi connectivity index (χ1) is 8.97. The molecule has 8 heteroatoms. The molecule has 1 saturated heterocycles. The van der Waals surface area contributed by atoms with Gasteiger partial charge in [0.1, 0.15) is 12.6 Å². The minimum atomic E-state index is -1.02. The quantitative estimate of drug-likeness (QED) is 0.739. The second-order valence-corrected chi connectivity index (χ2v) is 5.22. The van der Waals surface area contributed by atoms with Crippen molar-refractivity contribution in [3.05, 3.63) is 0 Å². The predicted octanol–water partition coefficient (Wildman–Crippen LogP) is 0.103. The molecule has 1 aliphatic heterocycles. The Labute approximate surface area is 115 Å². The number of amides is 2. The maximum atomic E-state index is 12.1. The molecule has 1 atom stereocenters. The molecule has 0 bridgehead atoms. The third kappa shape index (κ3) is 4.30. The lowest BCUT2D eigenvalue weighted by Gasteiger charge is -2.35. The lowest BCUT2D eigenvalue weighted by molar-refractivity contribution is -0.143. The van der Waals surface area contributed by atoms with Crippen LogP contribution in [-0.2, 0) is 14.3 Å². The SMILES string of the molecule is CCOC(=O)CN(C)C(=O)N1CCSCC1C(=O)O. The van der Waals surface area contributed by atoms with E-state index in [-0.39, 0.29) is 13.2 Å². The number of thioether (sulfide) groups is 1. The second kappa shape index (κ2) is 7.22. The molecule has 0 spiro atoms. The van der Waals surface area contributed by atoms with Gasteiger partial charge in [-0.2, -0.15) is 11.8 Å². The first-order valence-electron chi connectivity index (χ1n) is 5.95. The molecular weight excluding hydrogens is 272 g/mol. The Morgan fingerprint density at radius 1 is 1.47 bits per heavy atom. The molecular formula is C11H18N2O5S. The van der Waals surface area contributed by atoms with Gasteiger partial charge in [-0.05, 0) is 6.92 Å². The number of likely N-dealkylation sites (N-methyl/N-ethyl adjacent to an activating group) is 1. The van der Waals surface area contributed by atoms with Gasteiger partial charge in [-0.1, -0.05) is 0 Å². The number of esters is 1. The van der Waals surface area contributed by atoms with E-state index < -0.39 is 24.0 Å². The fourth-order valence-electron chi connectivity index (χ4n) is 1.72. The Balaban J connectivity index is 2.63. The molecule has 1 unspecified atom stereocenters. The van der Waals surface area contributed by atoms with E-state index in [2.05, 4.69) is 0 Å². The molecule has 0 aromatic heterocycles. The number of ether oxygens (including phenoxy) is 1. The Morgan fingerprint density at radius 3 is 2.74 bits per heavy atom. The molecule has 0 aliphatic carbocycles. The number of aliphatic carboxylic acids is 1. The van der Waals surface area contributed by atoms with Crippen molar-refractivity contribution >= 4 is 29.7 Å². The van der Waals surface area contributed by atoms with Gasteiger partial charge in [0.2, 0.25) is 0 Å². The third-order valence-corrected chi connectivity index (χ3v) is 3.68. The van der Waals surface area contributed by atoms with Crippen LogP contribution in [0, 0.1) is 0 Å². The molecule has 1 fully saturated rings. The predicted molar refractivity (Wildman–Crippen MR) is 70.1 cm³/mol. The number of hydrogen-bond acceptors (Lipinski definition) is 5. The van der Waals surface area contributed by atoms with Crippen molar-refractivity contribution in [2.24, 2.45) is 0 Å². The number of carbonyl (C=O) groups is 3. The third-order valence-electron chi connectivity index (χ3n) is 2.66. The van der Waals surface area contributed by atoms with Crippen molar-refractivity contribution in [1.29, 1.82) is 0 Å². The molecule has 0 aromatic rings. The Morgan fingerprint density at radius 2 is 2.16 bits per heavy atom. The zero-order valence-electron chi connectivity index (χ0n) is 11.0. The fourth-order valence-corrected chi connectivity index (χ4v) is 2.76. The van der Waals surface area contributed by atoms with Crippen molar-refractivity contribution in [3.63, 3.8) is 0 Å². The molecule has 0 saturated carbocycles. The number of urea groups is 1. The van der Waals surface area contributed by atoms with E-state index in [9.17, 15) is 14.4 Å². The molecule has 2 amide bonds. The number of hydrogen-bond donors (Lipinski definition) is 1. The first-order valence-corrected chi connectivity index (χ1v) is 7.10. The van der Waals surface area contributed by atoms with Crippen molar-refractivity contribution < 1.29 is 24.2 Å². The summed E-state index contributed by atoms with van der Waals surface area (Å²) in [5.41, 5.74) is 0. The Kier molecular flexibility index (Phi) is 5.94. The van der Waals surface area contributed by atoms with Crippen LogP contribution in [0.15, 0.2) is 0 Å². The van der Waals surface area contributed by atoms with E-state index in [0.717, 1.165) is 0 Å². The molecule has 7 nitrogen and oxygen atoms in total. The number of rotatable bonds is 4. The summed E-state index contributed by atoms with van der Waals surface area (Å²) in [6.45, 7) is 2.12. The average molecular weight is 290 g/mol. The van der Waals surface area contributed by atoms with E-state index in [0.29, 0.717) is 18.1 Å². The Hall–Kier alpha value is -1.44. The van der Waals surface area contributed by atoms with Crippen LogP contribution in [0.4, 0.5) is 4.79 Å². The average Bonchev–Trinajstić information content (AvgIpc) is 2.37. The highest BCUT2D eigenvalue weighted by atomic mass is 32.2. The number of carboxylic acid groups (broad SMARTS) is 1. The van der Waals surface area contributed by atoms with Crippen molar-refractivity contribution in [1.82, 2.24) is 9.80 Å². The largest absolute Gasteiger partial charge is 0.480 e. The highest BCUT2D eigenvalue weighted by Crippen LogP contribution is 2.18. The smallest absolute Gasteiger partial charge is 0.327 e. The summed E-state index contributed by atoms with van der Waals surface area (Å²) in [6, 6.07) is -1.29. The minimum absolute atomic E-state index is 0.178. The van der Waals surface area contributed by atoms with Gasteiger partial charge in [-0.15, -0.1) is 0 Å². The highest BCUT2D eigenvalue weighted by Gasteiger charge is 2.34. The molecule has 1 N–H and O–H groups in total. The van der Waals surface area contributed by atoms with Crippen LogP contribution in [0.25, 0.3) is 0 Å². The lowest BCUT2D eigenvalue weighted by atomic mass is 10.3. The van der Waals surface area contributed by atoms with Gasteiger partial charge in [0.15, 0.2) is 0 Å². The zero-order valence-corrected chi connectivity index (χ0v) is 11.8. The lowest BCUT2D eigenvalue weighted by Crippen LogP contribution is -2.54. The summed E-state index contributed by atoms with van der Waals surface area (Å²) in [7, 11) is 1.46. The monoisotopic (exact) mass is 290 g/mol. The maximum Gasteiger partial charge on any atom is 0.327 e. The van der Waals surface area contributed by atoms with Crippen LogP contribution < -0.4 is 0 Å².